The number of benzene rings is 1. The van der Waals surface area contributed by atoms with Crippen molar-refractivity contribution in [3.63, 3.8) is 0 Å². The second kappa shape index (κ2) is 5.80. The Labute approximate surface area is 127 Å². The van der Waals surface area contributed by atoms with Gasteiger partial charge in [0.2, 0.25) is 5.91 Å². The summed E-state index contributed by atoms with van der Waals surface area (Å²) in [5.41, 5.74) is 2.45. The minimum atomic E-state index is -0.318. The van der Waals surface area contributed by atoms with Gasteiger partial charge in [-0.25, -0.2) is 0 Å². The van der Waals surface area contributed by atoms with E-state index in [9.17, 15) is 4.79 Å². The fourth-order valence-electron chi connectivity index (χ4n) is 4.05. The molecule has 3 heteroatoms. The summed E-state index contributed by atoms with van der Waals surface area (Å²) in [6, 6.07) is 8.86. The summed E-state index contributed by atoms with van der Waals surface area (Å²) >= 11 is 0. The first-order valence-corrected chi connectivity index (χ1v) is 8.28. The molecule has 0 spiro atoms. The van der Waals surface area contributed by atoms with Gasteiger partial charge < -0.3 is 10.2 Å². The molecule has 1 aromatic rings. The molecule has 1 aliphatic heterocycles. The predicted molar refractivity (Wildman–Crippen MR) is 85.1 cm³/mol. The SMILES string of the molecule is CCC1(C(=O)N(C)C2CCCc3ccccc32)CCCN1. The van der Waals surface area contributed by atoms with Crippen LogP contribution in [0.5, 0.6) is 0 Å². The van der Waals surface area contributed by atoms with Crippen LogP contribution in [0.1, 0.15) is 56.2 Å². The zero-order valence-corrected chi connectivity index (χ0v) is 13.2. The summed E-state index contributed by atoms with van der Waals surface area (Å²) in [7, 11) is 1.99. The summed E-state index contributed by atoms with van der Waals surface area (Å²) in [5.74, 6) is 0.282. The maximum atomic E-state index is 13.1. The first kappa shape index (κ1) is 14.6. The average molecular weight is 286 g/mol. The third kappa shape index (κ3) is 2.48. The molecule has 1 fully saturated rings. The van der Waals surface area contributed by atoms with Crippen molar-refractivity contribution in [2.24, 2.45) is 0 Å². The highest BCUT2D eigenvalue weighted by Crippen LogP contribution is 2.36. The summed E-state index contributed by atoms with van der Waals surface area (Å²) in [6.45, 7) is 3.09. The number of aryl methyl sites for hydroxylation is 1. The maximum Gasteiger partial charge on any atom is 0.243 e. The summed E-state index contributed by atoms with van der Waals surface area (Å²) in [4.78, 5) is 15.1. The molecule has 1 amide bonds. The van der Waals surface area contributed by atoms with Crippen molar-refractivity contribution in [2.75, 3.05) is 13.6 Å². The van der Waals surface area contributed by atoms with E-state index in [1.165, 1.54) is 17.5 Å². The topological polar surface area (TPSA) is 32.3 Å². The smallest absolute Gasteiger partial charge is 0.243 e. The number of amides is 1. The second-order valence-corrected chi connectivity index (χ2v) is 6.49. The Bertz CT molecular complexity index is 520. The fourth-order valence-corrected chi connectivity index (χ4v) is 4.05. The lowest BCUT2D eigenvalue weighted by molar-refractivity contribution is -0.139. The van der Waals surface area contributed by atoms with Crippen LogP contribution in [0.4, 0.5) is 0 Å². The van der Waals surface area contributed by atoms with Crippen LogP contribution >= 0.6 is 0 Å². The number of nitrogens with one attached hydrogen (secondary N) is 1. The highest BCUT2D eigenvalue weighted by molar-refractivity contribution is 5.87. The number of carbonyl (C=O) groups excluding carboxylic acids is 1. The highest BCUT2D eigenvalue weighted by atomic mass is 16.2. The standard InChI is InChI=1S/C18H26N2O/c1-3-18(12-7-13-19-18)17(21)20(2)16-11-6-9-14-8-4-5-10-15(14)16/h4-5,8,10,16,19H,3,6-7,9,11-13H2,1-2H3. The summed E-state index contributed by atoms with van der Waals surface area (Å²) in [5, 5.41) is 3.47. The zero-order chi connectivity index (χ0) is 14.9. The number of rotatable bonds is 3. The molecule has 3 rings (SSSR count). The normalized spacial score (nSPS) is 28.2. The molecule has 2 atom stereocenters. The quantitative estimate of drug-likeness (QED) is 0.926. The number of hydrogen-bond donors (Lipinski definition) is 1. The van der Waals surface area contributed by atoms with Crippen LogP contribution in [-0.4, -0.2) is 29.9 Å². The molecule has 1 aliphatic carbocycles. The van der Waals surface area contributed by atoms with E-state index in [-0.39, 0.29) is 17.5 Å². The number of nitrogens with zero attached hydrogens (tertiary/aromatic N) is 1. The number of likely N-dealkylation sites (N-methyl/N-ethyl adjacent to an activating group) is 1. The van der Waals surface area contributed by atoms with Gasteiger partial charge in [0.05, 0.1) is 11.6 Å². The fraction of sp³-hybridized carbons (Fsp3) is 0.611. The van der Waals surface area contributed by atoms with Gasteiger partial charge >= 0.3 is 0 Å². The van der Waals surface area contributed by atoms with Gasteiger partial charge in [-0.3, -0.25) is 4.79 Å². The Morgan fingerprint density at radius 2 is 2.19 bits per heavy atom. The van der Waals surface area contributed by atoms with Gasteiger partial charge in [0.25, 0.3) is 0 Å². The van der Waals surface area contributed by atoms with Gasteiger partial charge in [-0.2, -0.15) is 0 Å². The molecule has 0 saturated carbocycles. The molecule has 1 N–H and O–H groups in total. The molecule has 3 nitrogen and oxygen atoms in total. The lowest BCUT2D eigenvalue weighted by Gasteiger charge is -2.39. The van der Waals surface area contributed by atoms with E-state index < -0.39 is 0 Å². The summed E-state index contributed by atoms with van der Waals surface area (Å²) < 4.78 is 0. The van der Waals surface area contributed by atoms with Crippen molar-refractivity contribution in [1.29, 1.82) is 0 Å². The van der Waals surface area contributed by atoms with E-state index in [2.05, 4.69) is 36.5 Å². The van der Waals surface area contributed by atoms with E-state index >= 15 is 0 Å². The molecular formula is C18H26N2O. The molecule has 114 valence electrons. The van der Waals surface area contributed by atoms with Crippen LogP contribution in [-0.2, 0) is 11.2 Å². The molecule has 21 heavy (non-hydrogen) atoms. The lowest BCUT2D eigenvalue weighted by atomic mass is 9.85. The molecule has 0 bridgehead atoms. The second-order valence-electron chi connectivity index (χ2n) is 6.49. The maximum absolute atomic E-state index is 13.1. The molecule has 2 unspecified atom stereocenters. The number of fused-ring (bicyclic) bond motifs is 1. The van der Waals surface area contributed by atoms with Crippen molar-refractivity contribution in [2.45, 2.75) is 57.0 Å². The largest absolute Gasteiger partial charge is 0.337 e. The van der Waals surface area contributed by atoms with Crippen molar-refractivity contribution in [3.05, 3.63) is 35.4 Å². The van der Waals surface area contributed by atoms with Crippen LogP contribution in [0.3, 0.4) is 0 Å². The molecular weight excluding hydrogens is 260 g/mol. The monoisotopic (exact) mass is 286 g/mol. The van der Waals surface area contributed by atoms with Gasteiger partial charge in [-0.15, -0.1) is 0 Å². The van der Waals surface area contributed by atoms with Gasteiger partial charge in [-0.1, -0.05) is 31.2 Å². The van der Waals surface area contributed by atoms with Gasteiger partial charge in [0.1, 0.15) is 0 Å². The molecule has 1 heterocycles. The van der Waals surface area contributed by atoms with E-state index in [0.717, 1.165) is 38.6 Å². The Morgan fingerprint density at radius 1 is 1.38 bits per heavy atom. The number of hydrogen-bond acceptors (Lipinski definition) is 2. The van der Waals surface area contributed by atoms with Crippen molar-refractivity contribution in [1.82, 2.24) is 10.2 Å². The third-order valence-electron chi connectivity index (χ3n) is 5.38. The van der Waals surface area contributed by atoms with Crippen molar-refractivity contribution in [3.8, 4) is 0 Å². The third-order valence-corrected chi connectivity index (χ3v) is 5.38. The van der Waals surface area contributed by atoms with Gasteiger partial charge in [0, 0.05) is 7.05 Å². The van der Waals surface area contributed by atoms with Crippen LogP contribution in [0.15, 0.2) is 24.3 Å². The number of carbonyl (C=O) groups is 1. The van der Waals surface area contributed by atoms with Gasteiger partial charge in [-0.05, 0) is 56.2 Å². The van der Waals surface area contributed by atoms with E-state index in [4.69, 9.17) is 0 Å². The molecule has 0 radical (unpaired) electrons. The Hall–Kier alpha value is -1.35. The summed E-state index contributed by atoms with van der Waals surface area (Å²) in [6.07, 6.45) is 6.36. The molecule has 1 aromatic carbocycles. The van der Waals surface area contributed by atoms with Crippen molar-refractivity contribution >= 4 is 5.91 Å². The first-order valence-electron chi connectivity index (χ1n) is 8.28. The zero-order valence-electron chi connectivity index (χ0n) is 13.2. The Balaban J connectivity index is 1.86. The highest BCUT2D eigenvalue weighted by Gasteiger charge is 2.42. The minimum absolute atomic E-state index is 0.244. The molecule has 1 saturated heterocycles. The Kier molecular flexibility index (Phi) is 4.03. The molecule has 0 aromatic heterocycles. The lowest BCUT2D eigenvalue weighted by Crippen LogP contribution is -2.54. The van der Waals surface area contributed by atoms with Gasteiger partial charge in [0.15, 0.2) is 0 Å². The minimum Gasteiger partial charge on any atom is -0.337 e. The van der Waals surface area contributed by atoms with Crippen LogP contribution in [0.2, 0.25) is 0 Å². The van der Waals surface area contributed by atoms with E-state index in [1.807, 2.05) is 11.9 Å². The van der Waals surface area contributed by atoms with Crippen LogP contribution in [0, 0.1) is 0 Å². The van der Waals surface area contributed by atoms with E-state index in [1.54, 1.807) is 0 Å². The average Bonchev–Trinajstić information content (AvgIpc) is 3.03. The van der Waals surface area contributed by atoms with Crippen LogP contribution in [0.25, 0.3) is 0 Å². The first-order chi connectivity index (χ1) is 10.2. The van der Waals surface area contributed by atoms with Crippen LogP contribution < -0.4 is 5.32 Å². The predicted octanol–water partition coefficient (Wildman–Crippen LogP) is 3.05. The van der Waals surface area contributed by atoms with E-state index in [0.29, 0.717) is 0 Å². The van der Waals surface area contributed by atoms with Crippen molar-refractivity contribution < 1.29 is 4.79 Å². The molecule has 2 aliphatic rings. The Morgan fingerprint density at radius 3 is 2.90 bits per heavy atom.